The lowest BCUT2D eigenvalue weighted by Gasteiger charge is -2.19. The molecule has 0 aliphatic heterocycles. The molecule has 0 aromatic rings. The minimum atomic E-state index is -0.435. The first kappa shape index (κ1) is 10.4. The van der Waals surface area contributed by atoms with Gasteiger partial charge in [0.15, 0.2) is 0 Å². The number of aliphatic hydroxyl groups is 2. The summed E-state index contributed by atoms with van der Waals surface area (Å²) in [5, 5.41) is 18.4. The second-order valence-corrected chi connectivity index (χ2v) is 3.45. The van der Waals surface area contributed by atoms with Gasteiger partial charge in [0.1, 0.15) is 0 Å². The Morgan fingerprint density at radius 2 is 1.40 bits per heavy atom. The van der Waals surface area contributed by atoms with Gasteiger partial charge in [-0.3, -0.25) is 0 Å². The zero-order valence-corrected chi connectivity index (χ0v) is 8.00. The molecular weight excluding hydrogens is 196 g/mol. The van der Waals surface area contributed by atoms with Crippen LogP contribution in [0.5, 0.6) is 0 Å². The Morgan fingerprint density at radius 1 is 1.10 bits per heavy atom. The van der Waals surface area contributed by atoms with E-state index in [2.05, 4.69) is 15.9 Å². The lowest BCUT2D eigenvalue weighted by Crippen LogP contribution is -2.31. The minimum absolute atomic E-state index is 0.178. The van der Waals surface area contributed by atoms with Gasteiger partial charge in [0.05, 0.1) is 17.0 Å². The monoisotopic (exact) mass is 210 g/mol. The lowest BCUT2D eigenvalue weighted by molar-refractivity contribution is 0.0873. The molecule has 0 amide bonds. The fourth-order valence-electron chi connectivity index (χ4n) is 0.707. The Morgan fingerprint density at radius 3 is 1.60 bits per heavy atom. The van der Waals surface area contributed by atoms with Gasteiger partial charge in [-0.05, 0) is 12.8 Å². The van der Waals surface area contributed by atoms with Gasteiger partial charge < -0.3 is 10.2 Å². The molecule has 62 valence electrons. The van der Waals surface area contributed by atoms with E-state index in [1.807, 2.05) is 13.8 Å². The molecule has 0 aromatic heterocycles. The van der Waals surface area contributed by atoms with Crippen molar-refractivity contribution in [3.05, 3.63) is 0 Å². The zero-order chi connectivity index (χ0) is 8.15. The van der Waals surface area contributed by atoms with Crippen LogP contribution in [-0.4, -0.2) is 27.2 Å². The van der Waals surface area contributed by atoms with E-state index in [4.69, 9.17) is 0 Å². The van der Waals surface area contributed by atoms with E-state index in [0.717, 1.165) is 0 Å². The first-order valence-electron chi connectivity index (χ1n) is 3.63. The van der Waals surface area contributed by atoms with Crippen molar-refractivity contribution in [1.29, 1.82) is 0 Å². The van der Waals surface area contributed by atoms with Crippen LogP contribution in [0.4, 0.5) is 0 Å². The molecule has 0 rings (SSSR count). The van der Waals surface area contributed by atoms with Crippen molar-refractivity contribution in [2.45, 2.75) is 43.7 Å². The molecule has 2 N–H and O–H groups in total. The number of aliphatic hydroxyl groups excluding tert-OH is 2. The summed E-state index contributed by atoms with van der Waals surface area (Å²) in [5.74, 6) is 0. The lowest BCUT2D eigenvalue weighted by atomic mass is 10.1. The summed E-state index contributed by atoms with van der Waals surface area (Å²) in [5.41, 5.74) is 0. The van der Waals surface area contributed by atoms with Crippen molar-refractivity contribution in [2.75, 3.05) is 0 Å². The van der Waals surface area contributed by atoms with Crippen molar-refractivity contribution < 1.29 is 10.2 Å². The van der Waals surface area contributed by atoms with E-state index >= 15 is 0 Å². The average molecular weight is 211 g/mol. The maximum Gasteiger partial charge on any atom is 0.0687 e. The Hall–Kier alpha value is 0.400. The maximum absolute atomic E-state index is 9.22. The summed E-state index contributed by atoms with van der Waals surface area (Å²) in [4.78, 5) is -0.178. The van der Waals surface area contributed by atoms with Crippen LogP contribution in [0, 0.1) is 0 Å². The van der Waals surface area contributed by atoms with Gasteiger partial charge in [0.2, 0.25) is 0 Å². The molecular formula is C7H15BrO2. The van der Waals surface area contributed by atoms with Crippen molar-refractivity contribution in [1.82, 2.24) is 0 Å². The fraction of sp³-hybridized carbons (Fsp3) is 1.00. The van der Waals surface area contributed by atoms with Gasteiger partial charge in [0.25, 0.3) is 0 Å². The Balaban J connectivity index is 3.69. The van der Waals surface area contributed by atoms with Crippen molar-refractivity contribution in [2.24, 2.45) is 0 Å². The Bertz CT molecular complexity index is 77.7. The van der Waals surface area contributed by atoms with E-state index in [1.54, 1.807) is 0 Å². The third-order valence-electron chi connectivity index (χ3n) is 1.57. The Labute approximate surface area is 70.4 Å². The van der Waals surface area contributed by atoms with Crippen molar-refractivity contribution in [3.63, 3.8) is 0 Å². The van der Waals surface area contributed by atoms with Crippen LogP contribution in [0.15, 0.2) is 0 Å². The molecule has 10 heavy (non-hydrogen) atoms. The normalized spacial score (nSPS) is 20.1. The molecule has 0 saturated carbocycles. The summed E-state index contributed by atoms with van der Waals surface area (Å²) in [6.45, 7) is 3.78. The molecule has 2 unspecified atom stereocenters. The Kier molecular flexibility index (Phi) is 5.31. The number of rotatable bonds is 4. The second-order valence-electron chi connectivity index (χ2n) is 2.40. The summed E-state index contributed by atoms with van der Waals surface area (Å²) >= 11 is 3.23. The van der Waals surface area contributed by atoms with Gasteiger partial charge in [-0.1, -0.05) is 29.8 Å². The third-order valence-corrected chi connectivity index (χ3v) is 2.79. The molecule has 0 saturated heterocycles. The van der Waals surface area contributed by atoms with Crippen molar-refractivity contribution in [3.8, 4) is 0 Å². The van der Waals surface area contributed by atoms with E-state index in [9.17, 15) is 10.2 Å². The average Bonchev–Trinajstić information content (AvgIpc) is 2.00. The van der Waals surface area contributed by atoms with E-state index in [-0.39, 0.29) is 4.83 Å². The van der Waals surface area contributed by atoms with E-state index in [0.29, 0.717) is 12.8 Å². The molecule has 0 aromatic carbocycles. The molecule has 0 bridgehead atoms. The summed E-state index contributed by atoms with van der Waals surface area (Å²) in [6, 6.07) is 0. The topological polar surface area (TPSA) is 40.5 Å². The summed E-state index contributed by atoms with van der Waals surface area (Å²) in [7, 11) is 0. The summed E-state index contributed by atoms with van der Waals surface area (Å²) in [6.07, 6.45) is 0.477. The van der Waals surface area contributed by atoms with Gasteiger partial charge in [-0.2, -0.15) is 0 Å². The predicted molar refractivity (Wildman–Crippen MR) is 45.3 cm³/mol. The molecule has 2 atom stereocenters. The minimum Gasteiger partial charge on any atom is -0.392 e. The number of hydrogen-bond donors (Lipinski definition) is 2. The second kappa shape index (κ2) is 5.10. The number of halogens is 1. The SMILES string of the molecule is CCC(O)C(Br)C(O)CC. The number of alkyl halides is 1. The van der Waals surface area contributed by atoms with Crippen LogP contribution in [0.3, 0.4) is 0 Å². The number of hydrogen-bond acceptors (Lipinski definition) is 2. The first-order chi connectivity index (χ1) is 4.63. The molecule has 0 aliphatic carbocycles. The molecule has 0 aliphatic rings. The molecule has 0 radical (unpaired) electrons. The molecule has 0 heterocycles. The van der Waals surface area contributed by atoms with Crippen LogP contribution < -0.4 is 0 Å². The van der Waals surface area contributed by atoms with Crippen LogP contribution >= 0.6 is 15.9 Å². The van der Waals surface area contributed by atoms with Gasteiger partial charge >= 0.3 is 0 Å². The molecule has 2 nitrogen and oxygen atoms in total. The van der Waals surface area contributed by atoms with Crippen molar-refractivity contribution >= 4 is 15.9 Å². The van der Waals surface area contributed by atoms with Crippen LogP contribution in [0.1, 0.15) is 26.7 Å². The van der Waals surface area contributed by atoms with E-state index < -0.39 is 12.2 Å². The maximum atomic E-state index is 9.22. The highest BCUT2D eigenvalue weighted by Crippen LogP contribution is 2.15. The highest BCUT2D eigenvalue weighted by molar-refractivity contribution is 9.09. The highest BCUT2D eigenvalue weighted by atomic mass is 79.9. The first-order valence-corrected chi connectivity index (χ1v) is 4.55. The molecule has 3 heteroatoms. The smallest absolute Gasteiger partial charge is 0.0687 e. The van der Waals surface area contributed by atoms with Gasteiger partial charge in [0, 0.05) is 0 Å². The van der Waals surface area contributed by atoms with Gasteiger partial charge in [-0.25, -0.2) is 0 Å². The molecule has 0 fully saturated rings. The van der Waals surface area contributed by atoms with Gasteiger partial charge in [-0.15, -0.1) is 0 Å². The van der Waals surface area contributed by atoms with Crippen LogP contribution in [0.25, 0.3) is 0 Å². The standard InChI is InChI=1S/C7H15BrO2/c1-3-5(9)7(8)6(10)4-2/h5-7,9-10H,3-4H2,1-2H3. The fourth-order valence-corrected chi connectivity index (χ4v) is 1.45. The molecule has 0 spiro atoms. The van der Waals surface area contributed by atoms with E-state index in [1.165, 1.54) is 0 Å². The highest BCUT2D eigenvalue weighted by Gasteiger charge is 2.20. The zero-order valence-electron chi connectivity index (χ0n) is 6.42. The quantitative estimate of drug-likeness (QED) is 0.688. The predicted octanol–water partition coefficient (Wildman–Crippen LogP) is 1.29. The summed E-state index contributed by atoms with van der Waals surface area (Å²) < 4.78 is 0. The van der Waals surface area contributed by atoms with Crippen LogP contribution in [0.2, 0.25) is 0 Å². The van der Waals surface area contributed by atoms with Crippen LogP contribution in [-0.2, 0) is 0 Å². The third kappa shape index (κ3) is 2.99. The largest absolute Gasteiger partial charge is 0.392 e.